The molecule has 1 amide bonds. The predicted molar refractivity (Wildman–Crippen MR) is 54.0 cm³/mol. The molecule has 19 heavy (non-hydrogen) atoms. The van der Waals surface area contributed by atoms with Crippen LogP contribution in [0.1, 0.15) is 23.1 Å². The van der Waals surface area contributed by atoms with Gasteiger partial charge in [-0.3, -0.25) is 4.79 Å². The number of hydrogen-bond acceptors (Lipinski definition) is 1. The SMILES string of the molecule is NC(=O)CCc1cc(C(F)(F)F)cc(C(F)(F)F)c1. The average Bonchev–Trinajstić information content (AvgIpc) is 2.23. The molecular weight excluding hydrogens is 276 g/mol. The third-order valence-electron chi connectivity index (χ3n) is 2.31. The summed E-state index contributed by atoms with van der Waals surface area (Å²) in [5, 5.41) is 0. The summed E-state index contributed by atoms with van der Waals surface area (Å²) in [6.07, 6.45) is -10.4. The van der Waals surface area contributed by atoms with Crippen LogP contribution in [-0.2, 0) is 23.6 Å². The van der Waals surface area contributed by atoms with E-state index in [0.29, 0.717) is 12.1 Å². The first-order valence-electron chi connectivity index (χ1n) is 5.07. The van der Waals surface area contributed by atoms with E-state index in [1.807, 2.05) is 0 Å². The highest BCUT2D eigenvalue weighted by Crippen LogP contribution is 2.36. The number of nitrogens with two attached hydrogens (primary N) is 1. The molecule has 0 aliphatic heterocycles. The average molecular weight is 285 g/mol. The van der Waals surface area contributed by atoms with Gasteiger partial charge in [-0.15, -0.1) is 0 Å². The van der Waals surface area contributed by atoms with Crippen molar-refractivity contribution in [1.82, 2.24) is 0 Å². The molecule has 2 nitrogen and oxygen atoms in total. The molecule has 0 saturated carbocycles. The van der Waals surface area contributed by atoms with E-state index in [1.165, 1.54) is 0 Å². The quantitative estimate of drug-likeness (QED) is 0.852. The second-order valence-corrected chi connectivity index (χ2v) is 3.88. The van der Waals surface area contributed by atoms with Gasteiger partial charge < -0.3 is 5.73 Å². The van der Waals surface area contributed by atoms with Gasteiger partial charge in [-0.1, -0.05) is 0 Å². The van der Waals surface area contributed by atoms with E-state index in [4.69, 9.17) is 5.73 Å². The first-order valence-corrected chi connectivity index (χ1v) is 5.07. The molecule has 1 aromatic rings. The molecule has 0 fully saturated rings. The molecule has 0 radical (unpaired) electrons. The van der Waals surface area contributed by atoms with Gasteiger partial charge in [0.05, 0.1) is 11.1 Å². The maximum Gasteiger partial charge on any atom is 0.416 e. The van der Waals surface area contributed by atoms with Crippen LogP contribution < -0.4 is 5.73 Å². The zero-order valence-electron chi connectivity index (χ0n) is 9.40. The Balaban J connectivity index is 3.21. The zero-order valence-corrected chi connectivity index (χ0v) is 9.40. The van der Waals surface area contributed by atoms with Crippen molar-refractivity contribution in [2.45, 2.75) is 25.2 Å². The third kappa shape index (κ3) is 4.46. The summed E-state index contributed by atoms with van der Waals surface area (Å²) >= 11 is 0. The number of primary amides is 1. The van der Waals surface area contributed by atoms with Gasteiger partial charge in [-0.2, -0.15) is 26.3 Å². The Kier molecular flexibility index (Phi) is 4.12. The number of halogens is 6. The Morgan fingerprint density at radius 2 is 1.37 bits per heavy atom. The summed E-state index contributed by atoms with van der Waals surface area (Å²) in [6.45, 7) is 0. The smallest absolute Gasteiger partial charge is 0.370 e. The number of aryl methyl sites for hydroxylation is 1. The molecule has 0 spiro atoms. The van der Waals surface area contributed by atoms with Gasteiger partial charge in [0.1, 0.15) is 0 Å². The van der Waals surface area contributed by atoms with Crippen LogP contribution >= 0.6 is 0 Å². The molecule has 0 saturated heterocycles. The molecular formula is C11H9F6NO. The number of benzene rings is 1. The molecule has 0 aromatic heterocycles. The number of hydrogen-bond donors (Lipinski definition) is 1. The summed E-state index contributed by atoms with van der Waals surface area (Å²) in [7, 11) is 0. The molecule has 0 unspecified atom stereocenters. The summed E-state index contributed by atoms with van der Waals surface area (Å²) in [4.78, 5) is 10.5. The molecule has 8 heteroatoms. The standard InChI is InChI=1S/C11H9F6NO/c12-10(13,14)7-3-6(1-2-9(18)19)4-8(5-7)11(15,16)17/h3-5H,1-2H2,(H2,18,19). The van der Waals surface area contributed by atoms with Crippen molar-refractivity contribution in [1.29, 1.82) is 0 Å². The fraction of sp³-hybridized carbons (Fsp3) is 0.364. The summed E-state index contributed by atoms with van der Waals surface area (Å²) in [5.41, 5.74) is 1.77. The molecule has 0 atom stereocenters. The maximum absolute atomic E-state index is 12.5. The molecule has 1 rings (SSSR count). The fourth-order valence-electron chi connectivity index (χ4n) is 1.43. The Labute approximate surface area is 104 Å². The fourth-order valence-corrected chi connectivity index (χ4v) is 1.43. The lowest BCUT2D eigenvalue weighted by atomic mass is 10.0. The third-order valence-corrected chi connectivity index (χ3v) is 2.31. The molecule has 0 bridgehead atoms. The van der Waals surface area contributed by atoms with Crippen molar-refractivity contribution in [3.05, 3.63) is 34.9 Å². The Hall–Kier alpha value is -1.73. The number of amides is 1. The van der Waals surface area contributed by atoms with Crippen molar-refractivity contribution in [3.8, 4) is 0 Å². The molecule has 106 valence electrons. The van der Waals surface area contributed by atoms with Crippen LogP contribution in [0.4, 0.5) is 26.3 Å². The van der Waals surface area contributed by atoms with Gasteiger partial charge in [-0.25, -0.2) is 0 Å². The van der Waals surface area contributed by atoms with Crippen LogP contribution in [0.5, 0.6) is 0 Å². The van der Waals surface area contributed by atoms with Crippen molar-refractivity contribution in [3.63, 3.8) is 0 Å². The van der Waals surface area contributed by atoms with Crippen molar-refractivity contribution in [2.75, 3.05) is 0 Å². The molecule has 1 aromatic carbocycles. The minimum atomic E-state index is -4.89. The van der Waals surface area contributed by atoms with E-state index < -0.39 is 29.4 Å². The zero-order chi connectivity index (χ0) is 14.8. The van der Waals surface area contributed by atoms with Gasteiger partial charge in [0.2, 0.25) is 5.91 Å². The minimum absolute atomic E-state index is 0.0355. The Bertz CT molecular complexity index is 445. The van der Waals surface area contributed by atoms with Crippen LogP contribution in [-0.4, -0.2) is 5.91 Å². The number of alkyl halides is 6. The second-order valence-electron chi connectivity index (χ2n) is 3.88. The predicted octanol–water partition coefficient (Wildman–Crippen LogP) is 3.14. The largest absolute Gasteiger partial charge is 0.416 e. The lowest BCUT2D eigenvalue weighted by Crippen LogP contribution is -2.14. The van der Waals surface area contributed by atoms with Crippen LogP contribution in [0.25, 0.3) is 0 Å². The van der Waals surface area contributed by atoms with Gasteiger partial charge in [0.25, 0.3) is 0 Å². The lowest BCUT2D eigenvalue weighted by molar-refractivity contribution is -0.143. The first-order chi connectivity index (χ1) is 8.50. The van der Waals surface area contributed by atoms with Crippen molar-refractivity contribution >= 4 is 5.91 Å². The van der Waals surface area contributed by atoms with E-state index in [2.05, 4.69) is 0 Å². The summed E-state index contributed by atoms with van der Waals surface area (Å²) < 4.78 is 74.9. The molecule has 0 aliphatic carbocycles. The second kappa shape index (κ2) is 5.10. The number of rotatable bonds is 3. The van der Waals surface area contributed by atoms with Gasteiger partial charge >= 0.3 is 12.4 Å². The highest BCUT2D eigenvalue weighted by Gasteiger charge is 2.36. The monoisotopic (exact) mass is 285 g/mol. The van der Waals surface area contributed by atoms with Crippen molar-refractivity contribution < 1.29 is 31.1 Å². The van der Waals surface area contributed by atoms with E-state index in [-0.39, 0.29) is 24.5 Å². The normalized spacial score (nSPS) is 12.5. The molecule has 2 N–H and O–H groups in total. The van der Waals surface area contributed by atoms with Crippen LogP contribution in [0.3, 0.4) is 0 Å². The topological polar surface area (TPSA) is 43.1 Å². The molecule has 0 aliphatic rings. The highest BCUT2D eigenvalue weighted by molar-refractivity contribution is 5.74. The van der Waals surface area contributed by atoms with Gasteiger partial charge in [0.15, 0.2) is 0 Å². The highest BCUT2D eigenvalue weighted by atomic mass is 19.4. The van der Waals surface area contributed by atoms with Crippen molar-refractivity contribution in [2.24, 2.45) is 5.73 Å². The van der Waals surface area contributed by atoms with Crippen LogP contribution in [0.15, 0.2) is 18.2 Å². The lowest BCUT2D eigenvalue weighted by Gasteiger charge is -2.13. The summed E-state index contributed by atoms with van der Waals surface area (Å²) in [6, 6.07) is 1.20. The van der Waals surface area contributed by atoms with E-state index >= 15 is 0 Å². The van der Waals surface area contributed by atoms with Crippen LogP contribution in [0.2, 0.25) is 0 Å². The van der Waals surface area contributed by atoms with Crippen LogP contribution in [0, 0.1) is 0 Å². The molecule has 0 heterocycles. The Morgan fingerprint density at radius 1 is 0.947 bits per heavy atom. The first kappa shape index (κ1) is 15.3. The van der Waals surface area contributed by atoms with Gasteiger partial charge in [-0.05, 0) is 30.2 Å². The van der Waals surface area contributed by atoms with Gasteiger partial charge in [0, 0.05) is 6.42 Å². The summed E-state index contributed by atoms with van der Waals surface area (Å²) in [5.74, 6) is -0.800. The van der Waals surface area contributed by atoms with E-state index in [9.17, 15) is 31.1 Å². The van der Waals surface area contributed by atoms with E-state index in [0.717, 1.165) is 0 Å². The minimum Gasteiger partial charge on any atom is -0.370 e. The Morgan fingerprint density at radius 3 is 1.68 bits per heavy atom. The maximum atomic E-state index is 12.5. The number of carbonyl (C=O) groups excluding carboxylic acids is 1. The number of carbonyl (C=O) groups is 1. The van der Waals surface area contributed by atoms with E-state index in [1.54, 1.807) is 0 Å².